The van der Waals surface area contributed by atoms with Gasteiger partial charge in [-0.3, -0.25) is 9.55 Å². The maximum Gasteiger partial charge on any atom is 0.331 e. The zero-order valence-corrected chi connectivity index (χ0v) is 19.4. The van der Waals surface area contributed by atoms with Crippen molar-refractivity contribution in [2.45, 2.75) is 6.54 Å². The number of anilines is 1. The Hall–Kier alpha value is -4.36. The molecule has 0 aliphatic heterocycles. The molecular weight excluding hydrogens is 440 g/mol. The van der Waals surface area contributed by atoms with Gasteiger partial charge < -0.3 is 19.8 Å². The van der Waals surface area contributed by atoms with Crippen LogP contribution in [0.25, 0.3) is 27.8 Å². The summed E-state index contributed by atoms with van der Waals surface area (Å²) < 4.78 is 12.4. The van der Waals surface area contributed by atoms with Gasteiger partial charge in [0.05, 0.1) is 29.0 Å². The van der Waals surface area contributed by atoms with Crippen LogP contribution >= 0.6 is 0 Å². The van der Waals surface area contributed by atoms with E-state index in [-0.39, 0.29) is 5.69 Å². The number of imidazole rings is 1. The molecule has 0 aliphatic rings. The van der Waals surface area contributed by atoms with Crippen LogP contribution in [-0.4, -0.2) is 34.9 Å². The van der Waals surface area contributed by atoms with Crippen molar-refractivity contribution in [3.05, 3.63) is 107 Å². The fraction of sp³-hybridized carbons (Fsp3) is 0.143. The highest BCUT2D eigenvalue weighted by Crippen LogP contribution is 2.27. The predicted molar refractivity (Wildman–Crippen MR) is 138 cm³/mol. The summed E-state index contributed by atoms with van der Waals surface area (Å²) in [5.41, 5.74) is 6.12. The number of aromatic nitrogens is 3. The molecule has 5 rings (SSSR count). The Morgan fingerprint density at radius 1 is 0.914 bits per heavy atom. The molecule has 35 heavy (non-hydrogen) atoms. The van der Waals surface area contributed by atoms with Gasteiger partial charge >= 0.3 is 5.69 Å². The van der Waals surface area contributed by atoms with Crippen molar-refractivity contribution in [1.82, 2.24) is 14.5 Å². The van der Waals surface area contributed by atoms with Crippen molar-refractivity contribution in [3.8, 4) is 22.6 Å². The van der Waals surface area contributed by atoms with Gasteiger partial charge in [0.15, 0.2) is 0 Å². The number of aromatic amines is 1. The van der Waals surface area contributed by atoms with Gasteiger partial charge in [0, 0.05) is 37.7 Å². The van der Waals surface area contributed by atoms with Crippen LogP contribution in [-0.2, 0) is 11.3 Å². The summed E-state index contributed by atoms with van der Waals surface area (Å²) in [5.74, 6) is 0.679. The zero-order valence-electron chi connectivity index (χ0n) is 19.4. The van der Waals surface area contributed by atoms with Crippen LogP contribution in [0.2, 0.25) is 0 Å². The van der Waals surface area contributed by atoms with Crippen LogP contribution < -0.4 is 15.7 Å². The Bertz CT molecular complexity index is 1490. The Morgan fingerprint density at radius 3 is 2.66 bits per heavy atom. The van der Waals surface area contributed by atoms with Crippen LogP contribution in [0.4, 0.5) is 5.69 Å². The Balaban J connectivity index is 1.45. The minimum Gasteiger partial charge on any atom is -0.491 e. The third-order valence-electron chi connectivity index (χ3n) is 5.73. The summed E-state index contributed by atoms with van der Waals surface area (Å²) in [4.78, 5) is 20.2. The first kappa shape index (κ1) is 22.4. The van der Waals surface area contributed by atoms with Crippen molar-refractivity contribution in [3.63, 3.8) is 0 Å². The third kappa shape index (κ3) is 5.10. The lowest BCUT2D eigenvalue weighted by Crippen LogP contribution is -2.14. The lowest BCUT2D eigenvalue weighted by molar-refractivity contribution is 0.146. The Labute approximate surface area is 203 Å². The summed E-state index contributed by atoms with van der Waals surface area (Å²) in [6, 6.07) is 25.7. The van der Waals surface area contributed by atoms with Gasteiger partial charge in [0.1, 0.15) is 12.4 Å². The molecule has 7 heteroatoms. The monoisotopic (exact) mass is 466 g/mol. The molecule has 3 aromatic carbocycles. The van der Waals surface area contributed by atoms with E-state index in [1.54, 1.807) is 11.7 Å². The standard InChI is InChI=1S/C28H26N4O3/c1-34-12-13-35-25-9-5-8-24(16-25)32-27-15-21(10-11-26(27)31-28(32)33)22-14-23(19-29-18-22)30-17-20-6-3-2-4-7-20/h2-11,14-16,18-19,30H,12-13,17H2,1H3,(H,31,33). The van der Waals surface area contributed by atoms with Gasteiger partial charge in [-0.1, -0.05) is 42.5 Å². The third-order valence-corrected chi connectivity index (χ3v) is 5.73. The number of nitrogens with zero attached hydrogens (tertiary/aromatic N) is 2. The molecule has 2 aromatic heterocycles. The van der Waals surface area contributed by atoms with E-state index < -0.39 is 0 Å². The number of H-pyrrole nitrogens is 1. The molecule has 2 heterocycles. The van der Waals surface area contributed by atoms with E-state index in [2.05, 4.69) is 33.5 Å². The largest absolute Gasteiger partial charge is 0.491 e. The lowest BCUT2D eigenvalue weighted by atomic mass is 10.1. The van der Waals surface area contributed by atoms with Gasteiger partial charge in [0.2, 0.25) is 0 Å². The second kappa shape index (κ2) is 10.3. The highest BCUT2D eigenvalue weighted by Gasteiger charge is 2.12. The molecule has 0 amide bonds. The molecule has 0 fully saturated rings. The first-order chi connectivity index (χ1) is 17.2. The van der Waals surface area contributed by atoms with E-state index in [9.17, 15) is 4.79 Å². The van der Waals surface area contributed by atoms with Crippen molar-refractivity contribution in [2.24, 2.45) is 0 Å². The van der Waals surface area contributed by atoms with E-state index in [1.165, 1.54) is 5.56 Å². The topological polar surface area (TPSA) is 81.2 Å². The van der Waals surface area contributed by atoms with Crippen LogP contribution in [0.3, 0.4) is 0 Å². The molecule has 0 saturated heterocycles. The zero-order chi connectivity index (χ0) is 24.0. The van der Waals surface area contributed by atoms with Crippen LogP contribution in [0, 0.1) is 0 Å². The Kier molecular flexibility index (Phi) is 6.59. The summed E-state index contributed by atoms with van der Waals surface area (Å²) in [7, 11) is 1.63. The number of nitrogens with one attached hydrogen (secondary N) is 2. The molecule has 0 radical (unpaired) electrons. The molecule has 7 nitrogen and oxygen atoms in total. The Morgan fingerprint density at radius 2 is 1.80 bits per heavy atom. The fourth-order valence-electron chi connectivity index (χ4n) is 3.99. The van der Waals surface area contributed by atoms with Gasteiger partial charge in [0.25, 0.3) is 0 Å². The molecule has 5 aromatic rings. The number of hydrogen-bond acceptors (Lipinski definition) is 5. The average molecular weight is 467 g/mol. The number of methoxy groups -OCH3 is 1. The van der Waals surface area contributed by atoms with E-state index in [1.807, 2.05) is 73.1 Å². The van der Waals surface area contributed by atoms with E-state index in [0.717, 1.165) is 33.5 Å². The van der Waals surface area contributed by atoms with Crippen LogP contribution in [0.5, 0.6) is 5.75 Å². The molecule has 0 atom stereocenters. The number of fused-ring (bicyclic) bond motifs is 1. The maximum absolute atomic E-state index is 12.9. The van der Waals surface area contributed by atoms with E-state index >= 15 is 0 Å². The van der Waals surface area contributed by atoms with Crippen molar-refractivity contribution >= 4 is 16.7 Å². The maximum atomic E-state index is 12.9. The first-order valence-corrected chi connectivity index (χ1v) is 11.4. The molecule has 176 valence electrons. The normalized spacial score (nSPS) is 11.0. The van der Waals surface area contributed by atoms with Crippen molar-refractivity contribution in [1.29, 1.82) is 0 Å². The van der Waals surface area contributed by atoms with Gasteiger partial charge in [-0.05, 0) is 41.5 Å². The number of pyridine rings is 1. The summed E-state index contributed by atoms with van der Waals surface area (Å²) >= 11 is 0. The number of benzene rings is 3. The molecule has 2 N–H and O–H groups in total. The van der Waals surface area contributed by atoms with Gasteiger partial charge in [-0.15, -0.1) is 0 Å². The number of ether oxygens (including phenoxy) is 2. The summed E-state index contributed by atoms with van der Waals surface area (Å²) in [6.45, 7) is 1.65. The van der Waals surface area contributed by atoms with Crippen molar-refractivity contribution < 1.29 is 9.47 Å². The quantitative estimate of drug-likeness (QED) is 0.298. The number of hydrogen-bond donors (Lipinski definition) is 2. The van der Waals surface area contributed by atoms with Crippen LogP contribution in [0.1, 0.15) is 5.56 Å². The summed E-state index contributed by atoms with van der Waals surface area (Å²) in [5, 5.41) is 3.43. The highest BCUT2D eigenvalue weighted by molar-refractivity contribution is 5.84. The van der Waals surface area contributed by atoms with E-state index in [4.69, 9.17) is 9.47 Å². The second-order valence-electron chi connectivity index (χ2n) is 8.14. The van der Waals surface area contributed by atoms with Gasteiger partial charge in [-0.2, -0.15) is 0 Å². The first-order valence-electron chi connectivity index (χ1n) is 11.4. The van der Waals surface area contributed by atoms with Crippen molar-refractivity contribution in [2.75, 3.05) is 25.6 Å². The average Bonchev–Trinajstić information content (AvgIpc) is 3.23. The molecule has 0 aliphatic carbocycles. The minimum atomic E-state index is -0.206. The van der Waals surface area contributed by atoms with E-state index in [0.29, 0.717) is 25.5 Å². The SMILES string of the molecule is COCCOc1cccc(-n2c(=O)[nH]c3ccc(-c4cncc(NCc5ccccc5)c4)cc32)c1. The van der Waals surface area contributed by atoms with Crippen LogP contribution in [0.15, 0.2) is 96.1 Å². The number of rotatable bonds is 9. The molecule has 0 unspecified atom stereocenters. The fourth-order valence-corrected chi connectivity index (χ4v) is 3.99. The summed E-state index contributed by atoms with van der Waals surface area (Å²) in [6.07, 6.45) is 3.64. The van der Waals surface area contributed by atoms with Gasteiger partial charge in [-0.25, -0.2) is 4.79 Å². The molecule has 0 saturated carbocycles. The minimum absolute atomic E-state index is 0.206. The molecular formula is C28H26N4O3. The highest BCUT2D eigenvalue weighted by atomic mass is 16.5. The lowest BCUT2D eigenvalue weighted by Gasteiger charge is -2.10. The smallest absolute Gasteiger partial charge is 0.331 e. The molecule has 0 bridgehead atoms. The second-order valence-corrected chi connectivity index (χ2v) is 8.14. The predicted octanol–water partition coefficient (Wildman–Crippen LogP) is 5.02. The molecule has 0 spiro atoms.